The van der Waals surface area contributed by atoms with E-state index >= 15 is 0 Å². The second-order valence-electron chi connectivity index (χ2n) is 4.65. The van der Waals surface area contributed by atoms with E-state index in [0.717, 1.165) is 5.69 Å². The molecule has 0 bridgehead atoms. The second-order valence-corrected chi connectivity index (χ2v) is 5.63. The Morgan fingerprint density at radius 3 is 2.48 bits per heavy atom. The molecule has 0 saturated carbocycles. The third-order valence-electron chi connectivity index (χ3n) is 2.79. The van der Waals surface area contributed by atoms with Gasteiger partial charge in [-0.2, -0.15) is 0 Å². The van der Waals surface area contributed by atoms with Gasteiger partial charge in [-0.3, -0.25) is 14.6 Å². The lowest BCUT2D eigenvalue weighted by Gasteiger charge is -2.06. The molecular weight excluding hydrogens is 317 g/mol. The lowest BCUT2D eigenvalue weighted by atomic mass is 10.3. The highest BCUT2D eigenvalue weighted by atomic mass is 32.2. The molecule has 0 unspecified atom stereocenters. The summed E-state index contributed by atoms with van der Waals surface area (Å²) in [5.41, 5.74) is 1.30. The maximum Gasteiger partial charge on any atom is 0.234 e. The molecule has 0 atom stereocenters. The van der Waals surface area contributed by atoms with Crippen LogP contribution in [0.1, 0.15) is 5.69 Å². The van der Waals surface area contributed by atoms with Crippen molar-refractivity contribution in [2.24, 2.45) is 0 Å². The lowest BCUT2D eigenvalue weighted by Crippen LogP contribution is -2.26. The molecule has 1 heterocycles. The van der Waals surface area contributed by atoms with E-state index in [-0.39, 0.29) is 29.1 Å². The van der Waals surface area contributed by atoms with Crippen molar-refractivity contribution in [3.8, 4) is 0 Å². The van der Waals surface area contributed by atoms with Gasteiger partial charge in [-0.1, -0.05) is 6.07 Å². The Balaban J connectivity index is 1.63. The van der Waals surface area contributed by atoms with E-state index in [9.17, 15) is 14.0 Å². The van der Waals surface area contributed by atoms with Crippen molar-refractivity contribution in [3.05, 3.63) is 60.2 Å². The Kier molecular flexibility index (Phi) is 6.56. The van der Waals surface area contributed by atoms with Gasteiger partial charge in [0.25, 0.3) is 0 Å². The molecule has 0 aliphatic rings. The quantitative estimate of drug-likeness (QED) is 0.815. The van der Waals surface area contributed by atoms with Gasteiger partial charge in [0.1, 0.15) is 5.82 Å². The van der Waals surface area contributed by atoms with E-state index in [2.05, 4.69) is 15.6 Å². The van der Waals surface area contributed by atoms with Crippen molar-refractivity contribution in [1.82, 2.24) is 10.3 Å². The van der Waals surface area contributed by atoms with Crippen molar-refractivity contribution < 1.29 is 14.0 Å². The minimum atomic E-state index is -0.359. The molecule has 5 nitrogen and oxygen atoms in total. The van der Waals surface area contributed by atoms with E-state index in [1.54, 1.807) is 12.3 Å². The number of benzene rings is 1. The van der Waals surface area contributed by atoms with Crippen molar-refractivity contribution >= 4 is 29.3 Å². The Morgan fingerprint density at radius 2 is 1.78 bits per heavy atom. The number of thioether (sulfide) groups is 1. The number of carbonyl (C=O) groups is 2. The predicted octanol–water partition coefficient (Wildman–Crippen LogP) is 2.21. The first-order chi connectivity index (χ1) is 11.1. The van der Waals surface area contributed by atoms with Crippen LogP contribution in [0, 0.1) is 5.82 Å². The zero-order chi connectivity index (χ0) is 16.5. The molecule has 0 fully saturated rings. The zero-order valence-electron chi connectivity index (χ0n) is 12.3. The Morgan fingerprint density at radius 1 is 1.04 bits per heavy atom. The molecule has 0 spiro atoms. The highest BCUT2D eigenvalue weighted by molar-refractivity contribution is 8.00. The van der Waals surface area contributed by atoms with Crippen LogP contribution in [0.4, 0.5) is 10.1 Å². The minimum absolute atomic E-state index is 0.147. The maximum atomic E-state index is 12.7. The number of rotatable bonds is 7. The second kappa shape index (κ2) is 8.89. The van der Waals surface area contributed by atoms with Crippen molar-refractivity contribution in [1.29, 1.82) is 0 Å². The number of halogens is 1. The number of amides is 2. The first-order valence-corrected chi connectivity index (χ1v) is 8.09. The molecule has 2 rings (SSSR count). The first kappa shape index (κ1) is 17.0. The molecule has 0 radical (unpaired) electrons. The standard InChI is InChI=1S/C16H16FN3O2S/c17-12-4-6-13(7-5-12)20-16(22)11-23-10-15(21)19-9-14-3-1-2-8-18-14/h1-8H,9-11H2,(H,19,21)(H,20,22). The van der Waals surface area contributed by atoms with Gasteiger partial charge in [-0.25, -0.2) is 4.39 Å². The van der Waals surface area contributed by atoms with Crippen LogP contribution in [0.25, 0.3) is 0 Å². The van der Waals surface area contributed by atoms with E-state index in [0.29, 0.717) is 12.2 Å². The monoisotopic (exact) mass is 333 g/mol. The molecule has 2 amide bonds. The van der Waals surface area contributed by atoms with E-state index in [4.69, 9.17) is 0 Å². The minimum Gasteiger partial charge on any atom is -0.350 e. The number of hydrogen-bond acceptors (Lipinski definition) is 4. The summed E-state index contributed by atoms with van der Waals surface area (Å²) in [4.78, 5) is 27.5. The van der Waals surface area contributed by atoms with Gasteiger partial charge >= 0.3 is 0 Å². The molecule has 1 aromatic carbocycles. The van der Waals surface area contributed by atoms with E-state index in [1.165, 1.54) is 36.0 Å². The van der Waals surface area contributed by atoms with Gasteiger partial charge in [0.2, 0.25) is 11.8 Å². The number of hydrogen-bond donors (Lipinski definition) is 2. The van der Waals surface area contributed by atoms with Gasteiger partial charge in [-0.05, 0) is 36.4 Å². The van der Waals surface area contributed by atoms with Gasteiger partial charge in [0.15, 0.2) is 0 Å². The molecule has 23 heavy (non-hydrogen) atoms. The van der Waals surface area contributed by atoms with Gasteiger partial charge in [-0.15, -0.1) is 11.8 Å². The third-order valence-corrected chi connectivity index (χ3v) is 3.72. The topological polar surface area (TPSA) is 71.1 Å². The van der Waals surface area contributed by atoms with Gasteiger partial charge < -0.3 is 10.6 Å². The van der Waals surface area contributed by atoms with Crippen LogP contribution >= 0.6 is 11.8 Å². The zero-order valence-corrected chi connectivity index (χ0v) is 13.1. The Bertz CT molecular complexity index is 650. The molecule has 0 aliphatic heterocycles. The summed E-state index contributed by atoms with van der Waals surface area (Å²) >= 11 is 1.21. The van der Waals surface area contributed by atoms with E-state index in [1.807, 2.05) is 12.1 Å². The summed E-state index contributed by atoms with van der Waals surface area (Å²) in [6.45, 7) is 0.363. The summed E-state index contributed by atoms with van der Waals surface area (Å²) in [7, 11) is 0. The molecular formula is C16H16FN3O2S. The van der Waals surface area contributed by atoms with Crippen LogP contribution in [0.2, 0.25) is 0 Å². The summed E-state index contributed by atoms with van der Waals surface area (Å²) in [5, 5.41) is 5.37. The van der Waals surface area contributed by atoms with Crippen LogP contribution in [-0.2, 0) is 16.1 Å². The molecule has 7 heteroatoms. The van der Waals surface area contributed by atoms with Crippen LogP contribution in [-0.4, -0.2) is 28.3 Å². The highest BCUT2D eigenvalue weighted by Gasteiger charge is 2.06. The number of nitrogens with zero attached hydrogens (tertiary/aromatic N) is 1. The number of anilines is 1. The SMILES string of the molecule is O=C(CSCC(=O)Nc1ccc(F)cc1)NCc1ccccn1. The Hall–Kier alpha value is -2.41. The molecule has 2 N–H and O–H groups in total. The molecule has 2 aromatic rings. The highest BCUT2D eigenvalue weighted by Crippen LogP contribution is 2.09. The number of pyridine rings is 1. The van der Waals surface area contributed by atoms with Crippen molar-refractivity contribution in [3.63, 3.8) is 0 Å². The summed E-state index contributed by atoms with van der Waals surface area (Å²) in [5.74, 6) is -0.422. The van der Waals surface area contributed by atoms with Gasteiger partial charge in [0, 0.05) is 11.9 Å². The normalized spacial score (nSPS) is 10.1. The maximum absolute atomic E-state index is 12.7. The number of aromatic nitrogens is 1. The lowest BCUT2D eigenvalue weighted by molar-refractivity contribution is -0.118. The number of carbonyl (C=O) groups excluding carboxylic acids is 2. The number of nitrogens with one attached hydrogen (secondary N) is 2. The molecule has 0 saturated heterocycles. The summed E-state index contributed by atoms with van der Waals surface area (Å²) in [6, 6.07) is 11.0. The van der Waals surface area contributed by atoms with Crippen molar-refractivity contribution in [2.75, 3.05) is 16.8 Å². The largest absolute Gasteiger partial charge is 0.350 e. The van der Waals surface area contributed by atoms with Crippen LogP contribution in [0.5, 0.6) is 0 Å². The third kappa shape index (κ3) is 6.48. The fourth-order valence-electron chi connectivity index (χ4n) is 1.71. The van der Waals surface area contributed by atoms with Crippen molar-refractivity contribution in [2.45, 2.75) is 6.54 Å². The van der Waals surface area contributed by atoms with Crippen LogP contribution in [0.15, 0.2) is 48.7 Å². The van der Waals surface area contributed by atoms with Crippen LogP contribution < -0.4 is 10.6 Å². The fraction of sp³-hybridized carbons (Fsp3) is 0.188. The molecule has 120 valence electrons. The summed E-state index contributed by atoms with van der Waals surface area (Å²) < 4.78 is 12.7. The molecule has 1 aromatic heterocycles. The average Bonchev–Trinajstić information content (AvgIpc) is 2.56. The Labute approximate surface area is 137 Å². The fourth-order valence-corrected chi connectivity index (χ4v) is 2.36. The van der Waals surface area contributed by atoms with E-state index < -0.39 is 0 Å². The summed E-state index contributed by atoms with van der Waals surface area (Å²) in [6.07, 6.45) is 1.66. The van der Waals surface area contributed by atoms with Gasteiger partial charge in [0.05, 0.1) is 23.7 Å². The first-order valence-electron chi connectivity index (χ1n) is 6.93. The smallest absolute Gasteiger partial charge is 0.234 e. The predicted molar refractivity (Wildman–Crippen MR) is 88.4 cm³/mol. The average molecular weight is 333 g/mol. The van der Waals surface area contributed by atoms with Crippen LogP contribution in [0.3, 0.4) is 0 Å². The molecule has 0 aliphatic carbocycles.